The second-order valence-corrected chi connectivity index (χ2v) is 5.18. The minimum atomic E-state index is 0.551. The predicted molar refractivity (Wildman–Crippen MR) is 65.1 cm³/mol. The van der Waals surface area contributed by atoms with E-state index in [0.717, 1.165) is 18.1 Å². The van der Waals surface area contributed by atoms with E-state index in [-0.39, 0.29) is 0 Å². The Kier molecular flexibility index (Phi) is 3.17. The topological polar surface area (TPSA) is 28.5 Å². The Morgan fingerprint density at radius 2 is 2.33 bits per heavy atom. The lowest BCUT2D eigenvalue weighted by atomic mass is 9.93. The van der Waals surface area contributed by atoms with Crippen LogP contribution in [0.1, 0.15) is 20.3 Å². The zero-order valence-electron chi connectivity index (χ0n) is 9.47. The average Bonchev–Trinajstić information content (AvgIpc) is 2.67. The van der Waals surface area contributed by atoms with E-state index in [0.29, 0.717) is 12.0 Å². The zero-order valence-corrected chi connectivity index (χ0v) is 10.3. The van der Waals surface area contributed by atoms with Gasteiger partial charge in [0.2, 0.25) is 5.13 Å². The van der Waals surface area contributed by atoms with Crippen molar-refractivity contribution >= 4 is 22.2 Å². The molecular formula is C11H17N3S. The number of nitrogens with zero attached hydrogens (tertiary/aromatic N) is 3. The minimum absolute atomic E-state index is 0.551. The maximum absolute atomic E-state index is 4.64. The molecule has 2 atom stereocenters. The van der Waals surface area contributed by atoms with Crippen LogP contribution in [0.15, 0.2) is 16.6 Å². The Morgan fingerprint density at radius 1 is 1.53 bits per heavy atom. The minimum Gasteiger partial charge on any atom is -0.303 e. The fourth-order valence-corrected chi connectivity index (χ4v) is 2.46. The van der Waals surface area contributed by atoms with Crippen LogP contribution in [0.5, 0.6) is 0 Å². The van der Waals surface area contributed by atoms with Gasteiger partial charge >= 0.3 is 0 Å². The van der Waals surface area contributed by atoms with Gasteiger partial charge in [0.25, 0.3) is 0 Å². The van der Waals surface area contributed by atoms with E-state index < -0.39 is 0 Å². The van der Waals surface area contributed by atoms with Crippen molar-refractivity contribution in [3.05, 3.63) is 11.6 Å². The van der Waals surface area contributed by atoms with E-state index in [1.807, 2.05) is 11.6 Å². The monoisotopic (exact) mass is 223 g/mol. The summed E-state index contributed by atoms with van der Waals surface area (Å²) in [4.78, 5) is 11.2. The van der Waals surface area contributed by atoms with Crippen LogP contribution in [0, 0.1) is 5.92 Å². The molecule has 1 aromatic rings. The fourth-order valence-electron chi connectivity index (χ4n) is 1.93. The molecule has 1 aliphatic heterocycles. The van der Waals surface area contributed by atoms with E-state index in [2.05, 4.69) is 35.8 Å². The van der Waals surface area contributed by atoms with Crippen LogP contribution in [0.4, 0.5) is 5.13 Å². The molecule has 0 aliphatic carbocycles. The first kappa shape index (κ1) is 10.8. The number of hydrogen-bond acceptors (Lipinski definition) is 4. The molecule has 82 valence electrons. The predicted octanol–water partition coefficient (Wildman–Crippen LogP) is 2.58. The largest absolute Gasteiger partial charge is 0.303 e. The van der Waals surface area contributed by atoms with E-state index >= 15 is 0 Å². The lowest BCUT2D eigenvalue weighted by molar-refractivity contribution is 0.226. The summed E-state index contributed by atoms with van der Waals surface area (Å²) in [7, 11) is 2.18. The van der Waals surface area contributed by atoms with Gasteiger partial charge in [-0.1, -0.05) is 6.92 Å². The molecule has 0 amide bonds. The maximum Gasteiger partial charge on any atom is 0.208 e. The zero-order chi connectivity index (χ0) is 10.8. The van der Waals surface area contributed by atoms with Gasteiger partial charge in [-0.25, -0.2) is 9.98 Å². The van der Waals surface area contributed by atoms with Crippen LogP contribution >= 0.6 is 11.3 Å². The van der Waals surface area contributed by atoms with E-state index in [9.17, 15) is 0 Å². The third-order valence-electron chi connectivity index (χ3n) is 3.05. The van der Waals surface area contributed by atoms with Crippen molar-refractivity contribution in [3.8, 4) is 0 Å². The van der Waals surface area contributed by atoms with Crippen LogP contribution in [0.25, 0.3) is 0 Å². The van der Waals surface area contributed by atoms with Gasteiger partial charge in [0.1, 0.15) is 0 Å². The molecule has 0 bridgehead atoms. The molecule has 1 fully saturated rings. The van der Waals surface area contributed by atoms with Crippen molar-refractivity contribution in [1.29, 1.82) is 0 Å². The lowest BCUT2D eigenvalue weighted by Crippen LogP contribution is -2.42. The van der Waals surface area contributed by atoms with Crippen LogP contribution in [-0.2, 0) is 0 Å². The number of piperidine rings is 1. The first-order valence-corrected chi connectivity index (χ1v) is 6.22. The number of aliphatic imine (C=N–C) groups is 1. The van der Waals surface area contributed by atoms with E-state index in [1.54, 1.807) is 11.3 Å². The molecule has 2 unspecified atom stereocenters. The number of likely N-dealkylation sites (tertiary alicyclic amines) is 1. The van der Waals surface area contributed by atoms with Gasteiger partial charge in [0.15, 0.2) is 0 Å². The van der Waals surface area contributed by atoms with Crippen LogP contribution in [0.3, 0.4) is 0 Å². The lowest BCUT2D eigenvalue weighted by Gasteiger charge is -2.34. The van der Waals surface area contributed by atoms with Crippen molar-refractivity contribution < 1.29 is 0 Å². The highest BCUT2D eigenvalue weighted by Gasteiger charge is 2.25. The second-order valence-electron chi connectivity index (χ2n) is 4.31. The molecule has 0 N–H and O–H groups in total. The molecule has 2 heterocycles. The van der Waals surface area contributed by atoms with Crippen molar-refractivity contribution in [2.75, 3.05) is 13.6 Å². The van der Waals surface area contributed by atoms with E-state index in [4.69, 9.17) is 0 Å². The molecule has 2 rings (SSSR count). The molecule has 1 saturated heterocycles. The van der Waals surface area contributed by atoms with Crippen molar-refractivity contribution in [3.63, 3.8) is 0 Å². The molecule has 3 nitrogen and oxygen atoms in total. The highest BCUT2D eigenvalue weighted by atomic mass is 32.1. The molecular weight excluding hydrogens is 206 g/mol. The SMILES string of the molecule is CC1CN(C)C(C)CC1=Nc1nccs1. The second kappa shape index (κ2) is 4.41. The Hall–Kier alpha value is -0.740. The van der Waals surface area contributed by atoms with Crippen molar-refractivity contribution in [1.82, 2.24) is 9.88 Å². The third-order valence-corrected chi connectivity index (χ3v) is 3.71. The van der Waals surface area contributed by atoms with Gasteiger partial charge in [-0.2, -0.15) is 0 Å². The van der Waals surface area contributed by atoms with Crippen LogP contribution < -0.4 is 0 Å². The van der Waals surface area contributed by atoms with Gasteiger partial charge in [0, 0.05) is 42.2 Å². The Labute approximate surface area is 94.9 Å². The molecule has 0 aromatic carbocycles. The van der Waals surface area contributed by atoms with Gasteiger partial charge < -0.3 is 4.90 Å². The normalized spacial score (nSPS) is 31.0. The van der Waals surface area contributed by atoms with Gasteiger partial charge in [-0.05, 0) is 14.0 Å². The summed E-state index contributed by atoms with van der Waals surface area (Å²) < 4.78 is 0. The molecule has 0 spiro atoms. The summed E-state index contributed by atoms with van der Waals surface area (Å²) in [5.74, 6) is 0.551. The smallest absolute Gasteiger partial charge is 0.208 e. The average molecular weight is 223 g/mol. The Bertz CT molecular complexity index is 345. The van der Waals surface area contributed by atoms with Crippen LogP contribution in [0.2, 0.25) is 0 Å². The van der Waals surface area contributed by atoms with E-state index in [1.165, 1.54) is 5.71 Å². The number of thiazole rings is 1. The molecule has 0 saturated carbocycles. The third kappa shape index (κ3) is 2.44. The highest BCUT2D eigenvalue weighted by Crippen LogP contribution is 2.23. The number of aromatic nitrogens is 1. The standard InChI is InChI=1S/C11H17N3S/c1-8-7-14(3)9(2)6-10(8)13-11-12-4-5-15-11/h4-5,8-9H,6-7H2,1-3H3. The number of rotatable bonds is 1. The Balaban J connectivity index is 2.15. The molecule has 4 heteroatoms. The first-order valence-electron chi connectivity index (χ1n) is 5.34. The van der Waals surface area contributed by atoms with Crippen molar-refractivity contribution in [2.45, 2.75) is 26.3 Å². The summed E-state index contributed by atoms with van der Waals surface area (Å²) in [6, 6.07) is 0.597. The molecule has 15 heavy (non-hydrogen) atoms. The summed E-state index contributed by atoms with van der Waals surface area (Å²) in [5.41, 5.74) is 1.30. The number of hydrogen-bond donors (Lipinski definition) is 0. The fraction of sp³-hybridized carbons (Fsp3) is 0.636. The summed E-state index contributed by atoms with van der Waals surface area (Å²) in [6.07, 6.45) is 2.88. The molecule has 1 aromatic heterocycles. The quantitative estimate of drug-likeness (QED) is 0.732. The Morgan fingerprint density at radius 3 is 3.00 bits per heavy atom. The highest BCUT2D eigenvalue weighted by molar-refractivity contribution is 7.13. The summed E-state index contributed by atoms with van der Waals surface area (Å²) in [6.45, 7) is 5.60. The maximum atomic E-state index is 4.64. The molecule has 0 radical (unpaired) electrons. The van der Waals surface area contributed by atoms with Crippen molar-refractivity contribution in [2.24, 2.45) is 10.9 Å². The van der Waals surface area contributed by atoms with Crippen LogP contribution in [-0.4, -0.2) is 35.2 Å². The first-order chi connectivity index (χ1) is 7.16. The summed E-state index contributed by atoms with van der Waals surface area (Å²) >= 11 is 1.61. The van der Waals surface area contributed by atoms with Gasteiger partial charge in [-0.15, -0.1) is 11.3 Å². The van der Waals surface area contributed by atoms with Gasteiger partial charge in [-0.3, -0.25) is 0 Å². The molecule has 1 aliphatic rings. The van der Waals surface area contributed by atoms with Gasteiger partial charge in [0.05, 0.1) is 0 Å². The summed E-state index contributed by atoms with van der Waals surface area (Å²) in [5, 5.41) is 2.87.